The van der Waals surface area contributed by atoms with Crippen LogP contribution in [0.15, 0.2) is 0 Å². The van der Waals surface area contributed by atoms with E-state index in [0.717, 1.165) is 30.3 Å². The van der Waals surface area contributed by atoms with E-state index < -0.39 is 0 Å². The van der Waals surface area contributed by atoms with Crippen molar-refractivity contribution in [3.63, 3.8) is 0 Å². The third-order valence-electron chi connectivity index (χ3n) is 2.59. The molecule has 1 saturated carbocycles. The van der Waals surface area contributed by atoms with Crippen LogP contribution < -0.4 is 4.90 Å². The number of hydrogen-bond donors (Lipinski definition) is 1. The van der Waals surface area contributed by atoms with Crippen LogP contribution in [-0.4, -0.2) is 34.2 Å². The van der Waals surface area contributed by atoms with Crippen molar-refractivity contribution in [3.8, 4) is 0 Å². The first-order valence-corrected chi connectivity index (χ1v) is 5.62. The molecule has 5 heteroatoms. The van der Waals surface area contributed by atoms with Crippen molar-refractivity contribution in [2.75, 3.05) is 18.5 Å². The fourth-order valence-corrected chi connectivity index (χ4v) is 2.40. The Labute approximate surface area is 87.8 Å². The fourth-order valence-electron chi connectivity index (χ4n) is 1.76. The monoisotopic (exact) mass is 213 g/mol. The summed E-state index contributed by atoms with van der Waals surface area (Å²) >= 11 is 1.44. The minimum absolute atomic E-state index is 0.0652. The van der Waals surface area contributed by atoms with Crippen molar-refractivity contribution in [3.05, 3.63) is 5.82 Å². The second kappa shape index (κ2) is 3.82. The quantitative estimate of drug-likeness (QED) is 0.815. The predicted octanol–water partition coefficient (Wildman–Crippen LogP) is 1.05. The average molecular weight is 213 g/mol. The fraction of sp³-hybridized carbons (Fsp3) is 0.778. The van der Waals surface area contributed by atoms with Crippen LogP contribution in [-0.2, 0) is 0 Å². The van der Waals surface area contributed by atoms with Crippen LogP contribution in [0.25, 0.3) is 0 Å². The Morgan fingerprint density at radius 1 is 1.57 bits per heavy atom. The molecule has 1 aliphatic carbocycles. The summed E-state index contributed by atoms with van der Waals surface area (Å²) in [6.07, 6.45) is 1.80. The van der Waals surface area contributed by atoms with Gasteiger partial charge in [0.15, 0.2) is 0 Å². The second-order valence-corrected chi connectivity index (χ2v) is 4.73. The van der Waals surface area contributed by atoms with Crippen molar-refractivity contribution in [1.82, 2.24) is 9.36 Å². The Morgan fingerprint density at radius 3 is 2.79 bits per heavy atom. The number of aromatic nitrogens is 2. The lowest BCUT2D eigenvalue weighted by molar-refractivity contribution is 0.0465. The highest BCUT2D eigenvalue weighted by molar-refractivity contribution is 7.09. The molecule has 1 aromatic rings. The van der Waals surface area contributed by atoms with Gasteiger partial charge in [-0.1, -0.05) is 0 Å². The van der Waals surface area contributed by atoms with Gasteiger partial charge in [0.25, 0.3) is 0 Å². The minimum Gasteiger partial charge on any atom is -0.393 e. The first-order chi connectivity index (χ1) is 6.65. The molecule has 14 heavy (non-hydrogen) atoms. The molecule has 4 nitrogen and oxygen atoms in total. The highest BCUT2D eigenvalue weighted by Crippen LogP contribution is 2.29. The zero-order valence-corrected chi connectivity index (χ0v) is 9.29. The van der Waals surface area contributed by atoms with Gasteiger partial charge < -0.3 is 10.0 Å². The van der Waals surface area contributed by atoms with Gasteiger partial charge in [0.05, 0.1) is 6.10 Å². The van der Waals surface area contributed by atoms with E-state index in [9.17, 15) is 0 Å². The summed E-state index contributed by atoms with van der Waals surface area (Å²) in [5.41, 5.74) is 0. The molecule has 1 fully saturated rings. The molecule has 1 aliphatic rings. The number of anilines is 1. The Hall–Kier alpha value is -0.680. The molecule has 2 rings (SSSR count). The maximum Gasteiger partial charge on any atom is 0.204 e. The van der Waals surface area contributed by atoms with Crippen LogP contribution in [0.3, 0.4) is 0 Å². The van der Waals surface area contributed by atoms with Crippen LogP contribution in [0.1, 0.15) is 18.7 Å². The van der Waals surface area contributed by atoms with Crippen LogP contribution in [0.4, 0.5) is 5.13 Å². The highest BCUT2D eigenvalue weighted by Gasteiger charge is 2.28. The van der Waals surface area contributed by atoms with Gasteiger partial charge in [0.2, 0.25) is 5.13 Å². The third-order valence-corrected chi connectivity index (χ3v) is 3.51. The molecule has 0 bridgehead atoms. The normalized spacial score (nSPS) is 25.9. The summed E-state index contributed by atoms with van der Waals surface area (Å²) in [6.45, 7) is 2.88. The van der Waals surface area contributed by atoms with Crippen molar-refractivity contribution < 1.29 is 5.11 Å². The zero-order chi connectivity index (χ0) is 10.1. The summed E-state index contributed by atoms with van der Waals surface area (Å²) in [5, 5.41) is 10.1. The maximum atomic E-state index is 9.16. The summed E-state index contributed by atoms with van der Waals surface area (Å²) < 4.78 is 4.14. The smallest absolute Gasteiger partial charge is 0.204 e. The van der Waals surface area contributed by atoms with Crippen molar-refractivity contribution >= 4 is 16.7 Å². The van der Waals surface area contributed by atoms with Crippen LogP contribution in [0, 0.1) is 12.8 Å². The largest absolute Gasteiger partial charge is 0.393 e. The van der Waals surface area contributed by atoms with Crippen molar-refractivity contribution in [2.45, 2.75) is 25.9 Å². The standard InChI is InChI=1S/C9H15N3OS/c1-6-10-9(14-11-6)12(2)5-7-3-8(13)4-7/h7-8,13H,3-5H2,1-2H3. The minimum atomic E-state index is -0.0652. The van der Waals surface area contributed by atoms with Gasteiger partial charge >= 0.3 is 0 Å². The van der Waals surface area contributed by atoms with E-state index in [1.807, 2.05) is 14.0 Å². The first-order valence-electron chi connectivity index (χ1n) is 4.84. The van der Waals surface area contributed by atoms with Gasteiger partial charge in [-0.25, -0.2) is 4.98 Å². The Kier molecular flexibility index (Phi) is 2.69. The summed E-state index contributed by atoms with van der Waals surface area (Å²) in [5.74, 6) is 1.46. The van der Waals surface area contributed by atoms with Crippen molar-refractivity contribution in [2.24, 2.45) is 5.92 Å². The Bertz CT molecular complexity index is 309. The molecule has 0 aromatic carbocycles. The summed E-state index contributed by atoms with van der Waals surface area (Å²) in [7, 11) is 2.03. The molecule has 0 unspecified atom stereocenters. The lowest BCUT2D eigenvalue weighted by atomic mass is 9.82. The van der Waals surface area contributed by atoms with Gasteiger partial charge in [-0.3, -0.25) is 0 Å². The van der Waals surface area contributed by atoms with E-state index in [1.54, 1.807) is 0 Å². The predicted molar refractivity (Wildman–Crippen MR) is 56.6 cm³/mol. The maximum absolute atomic E-state index is 9.16. The van der Waals surface area contributed by atoms with Gasteiger partial charge in [-0.15, -0.1) is 0 Å². The molecule has 0 radical (unpaired) electrons. The third kappa shape index (κ3) is 2.04. The molecular formula is C9H15N3OS. The highest BCUT2D eigenvalue weighted by atomic mass is 32.1. The number of nitrogens with zero attached hydrogens (tertiary/aromatic N) is 3. The molecule has 0 aliphatic heterocycles. The topological polar surface area (TPSA) is 49.2 Å². The molecule has 0 saturated heterocycles. The van der Waals surface area contributed by atoms with Crippen LogP contribution >= 0.6 is 11.5 Å². The zero-order valence-electron chi connectivity index (χ0n) is 8.47. The van der Waals surface area contributed by atoms with Gasteiger partial charge in [0.1, 0.15) is 5.82 Å². The molecule has 1 heterocycles. The average Bonchev–Trinajstić information content (AvgIpc) is 2.49. The van der Waals surface area contributed by atoms with E-state index in [0.29, 0.717) is 5.92 Å². The Morgan fingerprint density at radius 2 is 2.29 bits per heavy atom. The second-order valence-electron chi connectivity index (χ2n) is 4.00. The van der Waals surface area contributed by atoms with Gasteiger partial charge in [-0.2, -0.15) is 4.37 Å². The van der Waals surface area contributed by atoms with Gasteiger partial charge in [-0.05, 0) is 25.7 Å². The SMILES string of the molecule is Cc1nsc(N(C)CC2CC(O)C2)n1. The number of rotatable bonds is 3. The van der Waals surface area contributed by atoms with Crippen molar-refractivity contribution in [1.29, 1.82) is 0 Å². The summed E-state index contributed by atoms with van der Waals surface area (Å²) in [4.78, 5) is 6.44. The van der Waals surface area contributed by atoms with E-state index in [2.05, 4.69) is 14.3 Å². The molecule has 0 atom stereocenters. The lowest BCUT2D eigenvalue weighted by Gasteiger charge is -2.34. The summed E-state index contributed by atoms with van der Waals surface area (Å²) in [6, 6.07) is 0. The van der Waals surface area contributed by atoms with E-state index in [4.69, 9.17) is 5.11 Å². The molecule has 78 valence electrons. The molecule has 0 spiro atoms. The van der Waals surface area contributed by atoms with Crippen LogP contribution in [0.5, 0.6) is 0 Å². The number of aryl methyl sites for hydroxylation is 1. The lowest BCUT2D eigenvalue weighted by Crippen LogP contribution is -2.37. The van der Waals surface area contributed by atoms with E-state index >= 15 is 0 Å². The number of aliphatic hydroxyl groups is 1. The van der Waals surface area contributed by atoms with E-state index in [1.165, 1.54) is 11.5 Å². The van der Waals surface area contributed by atoms with E-state index in [-0.39, 0.29) is 6.10 Å². The molecule has 0 amide bonds. The van der Waals surface area contributed by atoms with Crippen LogP contribution in [0.2, 0.25) is 0 Å². The Balaban J connectivity index is 1.86. The molecular weight excluding hydrogens is 198 g/mol. The molecule has 1 aromatic heterocycles. The number of hydrogen-bond acceptors (Lipinski definition) is 5. The first kappa shape index (κ1) is 9.86. The number of aliphatic hydroxyl groups excluding tert-OH is 1. The van der Waals surface area contributed by atoms with Gasteiger partial charge in [0, 0.05) is 25.1 Å². The molecule has 1 N–H and O–H groups in total.